The summed E-state index contributed by atoms with van der Waals surface area (Å²) in [6.07, 6.45) is 5.83. The fourth-order valence-corrected chi connectivity index (χ4v) is 6.00. The SMILES string of the molecule is C=c1[nH]c2c(C(=O)N[C@@H]3CCCCC3N)sc3nccc(c32)n1-c1ccc(Oc2ccccc2)cc1. The summed E-state index contributed by atoms with van der Waals surface area (Å²) >= 11 is 1.39. The highest BCUT2D eigenvalue weighted by Crippen LogP contribution is 2.34. The third-order valence-corrected chi connectivity index (χ3v) is 7.86. The van der Waals surface area contributed by atoms with Gasteiger partial charge in [0.1, 0.15) is 26.7 Å². The number of amides is 1. The Labute approximate surface area is 212 Å². The van der Waals surface area contributed by atoms with Crippen molar-refractivity contribution in [2.24, 2.45) is 5.73 Å². The van der Waals surface area contributed by atoms with Crippen LogP contribution in [0.25, 0.3) is 33.5 Å². The molecule has 2 atom stereocenters. The zero-order valence-corrected chi connectivity index (χ0v) is 20.6. The lowest BCUT2D eigenvalue weighted by atomic mass is 9.91. The van der Waals surface area contributed by atoms with Crippen molar-refractivity contribution in [3.8, 4) is 17.2 Å². The van der Waals surface area contributed by atoms with Crippen molar-refractivity contribution < 1.29 is 9.53 Å². The molecule has 36 heavy (non-hydrogen) atoms. The van der Waals surface area contributed by atoms with Crippen LogP contribution in [0.3, 0.4) is 0 Å². The second-order valence-corrected chi connectivity index (χ2v) is 10.2. The fourth-order valence-electron chi connectivity index (χ4n) is 4.97. The predicted octanol–water partition coefficient (Wildman–Crippen LogP) is 5.05. The molecule has 1 saturated carbocycles. The Morgan fingerprint density at radius 2 is 1.83 bits per heavy atom. The highest BCUT2D eigenvalue weighted by Gasteiger charge is 2.26. The number of pyridine rings is 1. The van der Waals surface area contributed by atoms with Crippen molar-refractivity contribution in [2.45, 2.75) is 37.8 Å². The molecule has 8 heteroatoms. The standard InChI is InChI=1S/C28H27N5O2S/c1-17-31-25-24-23(33(17)18-11-13-20(14-12-18)35-19-7-3-2-4-8-19)15-16-30-28(24)36-26(25)27(34)32-22-10-6-5-9-21(22)29/h2-4,7-8,11-16,21-22,31H,1,5-6,9-10,29H2,(H,32,34)/t21?,22-/m1/s1. The molecule has 1 unspecified atom stereocenters. The van der Waals surface area contributed by atoms with E-state index in [0.717, 1.165) is 64.1 Å². The van der Waals surface area contributed by atoms with Gasteiger partial charge in [-0.3, -0.25) is 9.36 Å². The van der Waals surface area contributed by atoms with Crippen LogP contribution >= 0.6 is 11.3 Å². The van der Waals surface area contributed by atoms with Crippen LogP contribution in [0.1, 0.15) is 35.4 Å². The van der Waals surface area contributed by atoms with Gasteiger partial charge in [-0.25, -0.2) is 4.98 Å². The number of ether oxygens (including phenoxy) is 1. The summed E-state index contributed by atoms with van der Waals surface area (Å²) in [7, 11) is 0. The maximum Gasteiger partial charge on any atom is 0.263 e. The van der Waals surface area contributed by atoms with Gasteiger partial charge in [0, 0.05) is 24.0 Å². The molecule has 0 saturated heterocycles. The summed E-state index contributed by atoms with van der Waals surface area (Å²) in [4.78, 5) is 22.7. The van der Waals surface area contributed by atoms with Crippen molar-refractivity contribution in [2.75, 3.05) is 0 Å². The zero-order valence-electron chi connectivity index (χ0n) is 19.7. The lowest BCUT2D eigenvalue weighted by molar-refractivity contribution is 0.0926. The second kappa shape index (κ2) is 9.29. The van der Waals surface area contributed by atoms with Crippen LogP contribution in [0.15, 0.2) is 66.9 Å². The number of hydrogen-bond donors (Lipinski definition) is 3. The molecule has 0 spiro atoms. The summed E-state index contributed by atoms with van der Waals surface area (Å²) in [6, 6.07) is 19.5. The van der Waals surface area contributed by atoms with Gasteiger partial charge in [0.2, 0.25) is 0 Å². The molecule has 5 aromatic rings. The number of benzene rings is 2. The average Bonchev–Trinajstić information content (AvgIpc) is 3.26. The maximum atomic E-state index is 13.3. The van der Waals surface area contributed by atoms with Crippen LogP contribution < -0.4 is 21.3 Å². The van der Waals surface area contributed by atoms with Gasteiger partial charge in [0.15, 0.2) is 0 Å². The molecule has 0 aliphatic heterocycles. The minimum atomic E-state index is -0.113. The van der Waals surface area contributed by atoms with E-state index in [1.807, 2.05) is 65.2 Å². The molecule has 3 heterocycles. The first kappa shape index (κ1) is 22.6. The van der Waals surface area contributed by atoms with E-state index < -0.39 is 0 Å². The largest absolute Gasteiger partial charge is 0.457 e. The molecule has 0 bridgehead atoms. The number of aromatic amines is 1. The van der Waals surface area contributed by atoms with Gasteiger partial charge >= 0.3 is 0 Å². The van der Waals surface area contributed by atoms with Crippen molar-refractivity contribution in [1.82, 2.24) is 19.9 Å². The average molecular weight is 498 g/mol. The molecule has 6 rings (SSSR count). The first-order valence-electron chi connectivity index (χ1n) is 12.2. The van der Waals surface area contributed by atoms with Gasteiger partial charge in [-0.1, -0.05) is 37.6 Å². The number of carbonyl (C=O) groups is 1. The Morgan fingerprint density at radius 1 is 1.08 bits per heavy atom. The minimum absolute atomic E-state index is 0.00370. The third-order valence-electron chi connectivity index (χ3n) is 6.77. The predicted molar refractivity (Wildman–Crippen MR) is 145 cm³/mol. The molecule has 1 fully saturated rings. The Balaban J connectivity index is 1.37. The van der Waals surface area contributed by atoms with Crippen molar-refractivity contribution in [1.29, 1.82) is 0 Å². The van der Waals surface area contributed by atoms with Gasteiger partial charge < -0.3 is 20.8 Å². The highest BCUT2D eigenvalue weighted by atomic mass is 32.1. The number of carbonyl (C=O) groups excluding carboxylic acids is 1. The number of rotatable bonds is 5. The number of para-hydroxylation sites is 1. The summed E-state index contributed by atoms with van der Waals surface area (Å²) in [5.74, 6) is 1.42. The number of nitrogens with one attached hydrogen (secondary N) is 2. The molecule has 1 aliphatic rings. The summed E-state index contributed by atoms with van der Waals surface area (Å²) in [6.45, 7) is 4.27. The molecular weight excluding hydrogens is 470 g/mol. The van der Waals surface area contributed by atoms with Crippen LogP contribution in [0.2, 0.25) is 0 Å². The topological polar surface area (TPSA) is 98.0 Å². The van der Waals surface area contributed by atoms with Crippen molar-refractivity contribution in [3.63, 3.8) is 0 Å². The minimum Gasteiger partial charge on any atom is -0.457 e. The molecule has 1 aliphatic carbocycles. The number of aromatic nitrogens is 3. The zero-order chi connectivity index (χ0) is 24.6. The van der Waals surface area contributed by atoms with Crippen LogP contribution in [0.4, 0.5) is 0 Å². The van der Waals surface area contributed by atoms with Crippen molar-refractivity contribution >= 4 is 45.1 Å². The van der Waals surface area contributed by atoms with E-state index >= 15 is 0 Å². The molecule has 1 amide bonds. The summed E-state index contributed by atoms with van der Waals surface area (Å²) in [5, 5.41) is 4.08. The first-order valence-corrected chi connectivity index (χ1v) is 13.0. The van der Waals surface area contributed by atoms with Crippen LogP contribution in [-0.2, 0) is 0 Å². The van der Waals surface area contributed by atoms with Crippen molar-refractivity contribution in [3.05, 3.63) is 77.2 Å². The van der Waals surface area contributed by atoms with Gasteiger partial charge in [0.25, 0.3) is 5.91 Å². The number of nitrogens with two attached hydrogens (primary N) is 1. The van der Waals surface area contributed by atoms with E-state index in [0.29, 0.717) is 10.4 Å². The van der Waals surface area contributed by atoms with Gasteiger partial charge in [-0.15, -0.1) is 11.3 Å². The van der Waals surface area contributed by atoms with E-state index in [1.165, 1.54) is 11.3 Å². The second-order valence-electron chi connectivity index (χ2n) is 9.16. The van der Waals surface area contributed by atoms with Gasteiger partial charge in [-0.2, -0.15) is 0 Å². The smallest absolute Gasteiger partial charge is 0.263 e. The van der Waals surface area contributed by atoms with Gasteiger partial charge in [0.05, 0.1) is 16.4 Å². The van der Waals surface area contributed by atoms with E-state index in [1.54, 1.807) is 6.20 Å². The van der Waals surface area contributed by atoms with E-state index in [4.69, 9.17) is 10.5 Å². The quantitative estimate of drug-likeness (QED) is 0.316. The summed E-state index contributed by atoms with van der Waals surface area (Å²) < 4.78 is 7.98. The van der Waals surface area contributed by atoms with Crippen LogP contribution in [0.5, 0.6) is 11.5 Å². The fraction of sp³-hybridized carbons (Fsp3) is 0.214. The number of thiophene rings is 1. The Hall–Kier alpha value is -3.88. The summed E-state index contributed by atoms with van der Waals surface area (Å²) in [5.41, 5.74) is 9.55. The lowest BCUT2D eigenvalue weighted by Gasteiger charge is -2.29. The normalized spacial score (nSPS) is 17.9. The molecule has 4 N–H and O–H groups in total. The van der Waals surface area contributed by atoms with Crippen LogP contribution in [-0.4, -0.2) is 32.5 Å². The Kier molecular flexibility index (Phi) is 5.83. The Bertz CT molecular complexity index is 1600. The van der Waals surface area contributed by atoms with E-state index in [9.17, 15) is 4.79 Å². The molecule has 3 aromatic heterocycles. The third kappa shape index (κ3) is 4.08. The van der Waals surface area contributed by atoms with Crippen LogP contribution in [0, 0.1) is 0 Å². The number of H-pyrrole nitrogens is 1. The molecule has 7 nitrogen and oxygen atoms in total. The molecule has 2 aromatic carbocycles. The molecule has 182 valence electrons. The number of hydrogen-bond acceptors (Lipinski definition) is 5. The van der Waals surface area contributed by atoms with Gasteiger partial charge in [-0.05, 0) is 55.3 Å². The lowest BCUT2D eigenvalue weighted by Crippen LogP contribution is -2.49. The monoisotopic (exact) mass is 497 g/mol. The van der Waals surface area contributed by atoms with E-state index in [-0.39, 0.29) is 18.0 Å². The highest BCUT2D eigenvalue weighted by molar-refractivity contribution is 7.21. The molecular formula is C28H27N5O2S. The molecule has 0 radical (unpaired) electrons. The Morgan fingerprint density at radius 3 is 2.61 bits per heavy atom. The maximum absolute atomic E-state index is 13.3. The number of nitrogens with zero attached hydrogens (tertiary/aromatic N) is 2. The van der Waals surface area contributed by atoms with E-state index in [2.05, 4.69) is 21.9 Å². The first-order chi connectivity index (χ1) is 17.6.